The number of aryl methyl sites for hydroxylation is 1. The number of hydrogen-bond acceptors (Lipinski definition) is 4. The van der Waals surface area contributed by atoms with Crippen molar-refractivity contribution in [1.29, 1.82) is 0 Å². The van der Waals surface area contributed by atoms with Crippen molar-refractivity contribution in [3.8, 4) is 0 Å². The molecular weight excluding hydrogens is 319 g/mol. The second-order valence-corrected chi connectivity index (χ2v) is 6.80. The Bertz CT molecular complexity index is 809. The molecule has 0 saturated heterocycles. The molecule has 1 aromatic heterocycles. The predicted molar refractivity (Wildman–Crippen MR) is 76.4 cm³/mol. The average molecular weight is 329 g/mol. The Balaban J connectivity index is 2.25. The Hall–Kier alpha value is -1.99. The minimum absolute atomic E-state index is 0.0328. The lowest BCUT2D eigenvalue weighted by atomic mass is 10.2. The fourth-order valence-electron chi connectivity index (χ4n) is 1.74. The van der Waals surface area contributed by atoms with Crippen molar-refractivity contribution in [2.24, 2.45) is 0 Å². The number of hydrogen-bond donors (Lipinski definition) is 1. The van der Waals surface area contributed by atoms with E-state index in [1.54, 1.807) is 6.92 Å². The molecule has 2 aromatic rings. The van der Waals surface area contributed by atoms with E-state index in [1.807, 2.05) is 0 Å². The first-order chi connectivity index (χ1) is 9.77. The standard InChI is InChI=1S/C13H10ClFN2O3S/c1-8-4-11(2-3-12(8)21(14,19)20)17-13(18)9-5-10(15)7-16-6-9/h2-7H,1H3,(H,17,18). The van der Waals surface area contributed by atoms with Crippen molar-refractivity contribution in [3.63, 3.8) is 0 Å². The highest BCUT2D eigenvalue weighted by atomic mass is 35.7. The number of carbonyl (C=O) groups excluding carboxylic acids is 1. The lowest BCUT2D eigenvalue weighted by molar-refractivity contribution is 0.102. The zero-order valence-electron chi connectivity index (χ0n) is 10.8. The van der Waals surface area contributed by atoms with Crippen molar-refractivity contribution in [2.75, 3.05) is 5.32 Å². The molecule has 2 rings (SSSR count). The van der Waals surface area contributed by atoms with Gasteiger partial charge in [0.05, 0.1) is 16.7 Å². The van der Waals surface area contributed by atoms with Crippen LogP contribution in [0, 0.1) is 12.7 Å². The summed E-state index contributed by atoms with van der Waals surface area (Å²) in [6, 6.07) is 5.19. The summed E-state index contributed by atoms with van der Waals surface area (Å²) in [7, 11) is 1.43. The normalized spacial score (nSPS) is 11.2. The second-order valence-electron chi connectivity index (χ2n) is 4.26. The van der Waals surface area contributed by atoms with Crippen LogP contribution < -0.4 is 5.32 Å². The molecule has 0 bridgehead atoms. The number of halogens is 2. The first-order valence-electron chi connectivity index (χ1n) is 5.74. The fourth-order valence-corrected chi connectivity index (χ4v) is 2.93. The smallest absolute Gasteiger partial charge is 0.261 e. The largest absolute Gasteiger partial charge is 0.322 e. The number of nitrogens with one attached hydrogen (secondary N) is 1. The van der Waals surface area contributed by atoms with Gasteiger partial charge in [-0.2, -0.15) is 0 Å². The van der Waals surface area contributed by atoms with Gasteiger partial charge in [-0.3, -0.25) is 9.78 Å². The first kappa shape index (κ1) is 15.4. The molecule has 8 heteroatoms. The van der Waals surface area contributed by atoms with Crippen LogP contribution in [0.25, 0.3) is 0 Å². The third-order valence-corrected chi connectivity index (χ3v) is 4.14. The van der Waals surface area contributed by atoms with E-state index in [0.29, 0.717) is 11.3 Å². The van der Waals surface area contributed by atoms with Crippen LogP contribution in [0.1, 0.15) is 15.9 Å². The SMILES string of the molecule is Cc1cc(NC(=O)c2cncc(F)c2)ccc1S(=O)(=O)Cl. The molecule has 0 radical (unpaired) electrons. The molecule has 0 fully saturated rings. The molecule has 1 heterocycles. The first-order valence-corrected chi connectivity index (χ1v) is 8.05. The van der Waals surface area contributed by atoms with Gasteiger partial charge in [0.2, 0.25) is 0 Å². The van der Waals surface area contributed by atoms with Gasteiger partial charge < -0.3 is 5.32 Å². The Morgan fingerprint density at radius 1 is 1.29 bits per heavy atom. The second kappa shape index (κ2) is 5.79. The summed E-state index contributed by atoms with van der Waals surface area (Å²) in [5, 5.41) is 2.52. The van der Waals surface area contributed by atoms with E-state index in [0.717, 1.165) is 12.3 Å². The van der Waals surface area contributed by atoms with E-state index in [1.165, 1.54) is 24.4 Å². The van der Waals surface area contributed by atoms with Gasteiger partial charge in [0.1, 0.15) is 5.82 Å². The van der Waals surface area contributed by atoms with Crippen LogP contribution in [0.3, 0.4) is 0 Å². The summed E-state index contributed by atoms with van der Waals surface area (Å²) in [5.74, 6) is -1.18. The lowest BCUT2D eigenvalue weighted by Gasteiger charge is -2.08. The maximum atomic E-state index is 13.0. The molecule has 0 aliphatic carbocycles. The number of rotatable bonds is 3. The summed E-state index contributed by atoms with van der Waals surface area (Å²) in [6.45, 7) is 1.55. The van der Waals surface area contributed by atoms with Crippen LogP contribution in [0.15, 0.2) is 41.6 Å². The van der Waals surface area contributed by atoms with Crippen molar-refractivity contribution >= 4 is 31.3 Å². The van der Waals surface area contributed by atoms with Crippen molar-refractivity contribution in [3.05, 3.63) is 53.6 Å². The summed E-state index contributed by atoms with van der Waals surface area (Å²) >= 11 is 0. The van der Waals surface area contributed by atoms with E-state index in [4.69, 9.17) is 10.7 Å². The van der Waals surface area contributed by atoms with E-state index in [9.17, 15) is 17.6 Å². The lowest BCUT2D eigenvalue weighted by Crippen LogP contribution is -2.12. The van der Waals surface area contributed by atoms with Crippen LogP contribution in [0.5, 0.6) is 0 Å². The number of nitrogens with zero attached hydrogens (tertiary/aromatic N) is 1. The zero-order valence-corrected chi connectivity index (χ0v) is 12.4. The van der Waals surface area contributed by atoms with Gasteiger partial charge in [-0.1, -0.05) is 0 Å². The molecule has 0 aliphatic heterocycles. The number of amides is 1. The molecule has 0 aliphatic rings. The Kier molecular flexibility index (Phi) is 4.24. The minimum atomic E-state index is -3.84. The zero-order chi connectivity index (χ0) is 15.6. The van der Waals surface area contributed by atoms with Crippen LogP contribution in [0.2, 0.25) is 0 Å². The monoisotopic (exact) mass is 328 g/mol. The van der Waals surface area contributed by atoms with Gasteiger partial charge in [0.25, 0.3) is 15.0 Å². The van der Waals surface area contributed by atoms with Crippen LogP contribution >= 0.6 is 10.7 Å². The molecule has 1 aromatic carbocycles. The third kappa shape index (κ3) is 3.77. The molecular formula is C13H10ClFN2O3S. The average Bonchev–Trinajstić information content (AvgIpc) is 2.37. The number of benzene rings is 1. The quantitative estimate of drug-likeness (QED) is 0.879. The van der Waals surface area contributed by atoms with E-state index in [2.05, 4.69) is 10.3 Å². The molecule has 5 nitrogen and oxygen atoms in total. The van der Waals surface area contributed by atoms with Crippen LogP contribution in [0.4, 0.5) is 10.1 Å². The van der Waals surface area contributed by atoms with Crippen LogP contribution in [-0.2, 0) is 9.05 Å². The molecule has 21 heavy (non-hydrogen) atoms. The van der Waals surface area contributed by atoms with Gasteiger partial charge in [-0.05, 0) is 36.8 Å². The van der Waals surface area contributed by atoms with Gasteiger partial charge >= 0.3 is 0 Å². The van der Waals surface area contributed by atoms with Crippen molar-refractivity contribution in [1.82, 2.24) is 4.98 Å². The summed E-state index contributed by atoms with van der Waals surface area (Å²) < 4.78 is 35.5. The number of aromatic nitrogens is 1. The molecule has 0 spiro atoms. The van der Waals surface area contributed by atoms with Crippen molar-refractivity contribution < 1.29 is 17.6 Å². The molecule has 1 N–H and O–H groups in total. The van der Waals surface area contributed by atoms with Gasteiger partial charge in [0, 0.05) is 22.6 Å². The van der Waals surface area contributed by atoms with Crippen LogP contribution in [-0.4, -0.2) is 19.3 Å². The summed E-state index contributed by atoms with van der Waals surface area (Å²) in [6.07, 6.45) is 2.21. The number of carbonyl (C=O) groups is 1. The predicted octanol–water partition coefficient (Wildman–Crippen LogP) is 2.71. The fraction of sp³-hybridized carbons (Fsp3) is 0.0769. The highest BCUT2D eigenvalue weighted by molar-refractivity contribution is 8.13. The maximum Gasteiger partial charge on any atom is 0.261 e. The number of anilines is 1. The van der Waals surface area contributed by atoms with Gasteiger partial charge in [-0.25, -0.2) is 12.8 Å². The third-order valence-electron chi connectivity index (χ3n) is 2.66. The Labute approximate surface area is 125 Å². The number of pyridine rings is 1. The molecule has 0 atom stereocenters. The summed E-state index contributed by atoms with van der Waals surface area (Å²) in [4.78, 5) is 15.4. The molecule has 0 unspecified atom stereocenters. The topological polar surface area (TPSA) is 76.1 Å². The summed E-state index contributed by atoms with van der Waals surface area (Å²) in [5.41, 5.74) is 0.813. The highest BCUT2D eigenvalue weighted by Gasteiger charge is 2.14. The Morgan fingerprint density at radius 3 is 2.57 bits per heavy atom. The van der Waals surface area contributed by atoms with E-state index >= 15 is 0 Å². The van der Waals surface area contributed by atoms with Crippen molar-refractivity contribution in [2.45, 2.75) is 11.8 Å². The Morgan fingerprint density at radius 2 is 2.00 bits per heavy atom. The highest BCUT2D eigenvalue weighted by Crippen LogP contribution is 2.23. The minimum Gasteiger partial charge on any atom is -0.322 e. The molecule has 110 valence electrons. The molecule has 1 amide bonds. The van der Waals surface area contributed by atoms with Gasteiger partial charge in [-0.15, -0.1) is 0 Å². The van der Waals surface area contributed by atoms with E-state index in [-0.39, 0.29) is 10.5 Å². The van der Waals surface area contributed by atoms with Gasteiger partial charge in [0.15, 0.2) is 0 Å². The maximum absolute atomic E-state index is 13.0. The van der Waals surface area contributed by atoms with E-state index < -0.39 is 20.8 Å². The molecule has 0 saturated carbocycles.